The minimum atomic E-state index is -4.41. The Morgan fingerprint density at radius 2 is 0.642 bits per heavy atom. The predicted molar refractivity (Wildman–Crippen MR) is 348 cm³/mol. The van der Waals surface area contributed by atoms with E-state index in [1.54, 1.807) is 0 Å². The lowest BCUT2D eigenvalue weighted by molar-refractivity contribution is -0.161. The van der Waals surface area contributed by atoms with Crippen molar-refractivity contribution in [1.82, 2.24) is 0 Å². The van der Waals surface area contributed by atoms with E-state index >= 15 is 0 Å². The third-order valence-electron chi connectivity index (χ3n) is 12.3. The average Bonchev–Trinajstić information content (AvgIpc) is 3.46. The van der Waals surface area contributed by atoms with Crippen LogP contribution in [0.5, 0.6) is 0 Å². The first-order valence-corrected chi connectivity index (χ1v) is 32.8. The van der Waals surface area contributed by atoms with E-state index in [2.05, 4.69) is 196 Å². The average molecular weight is 1140 g/mol. The summed E-state index contributed by atoms with van der Waals surface area (Å²) in [4.78, 5) is 35.3. The first kappa shape index (κ1) is 76.1. The fraction of sp³-hybridized carbons (Fsp3) is 0.549. The molecule has 0 rings (SSSR count). The number of hydrogen-bond donors (Lipinski definition) is 2. The number of esters is 2. The second-order valence-corrected chi connectivity index (χ2v) is 21.3. The zero-order valence-corrected chi connectivity index (χ0v) is 51.6. The van der Waals surface area contributed by atoms with Crippen LogP contribution in [0.4, 0.5) is 0 Å². The van der Waals surface area contributed by atoms with E-state index in [0.717, 1.165) is 148 Å². The normalized spacial score (nSPS) is 14.3. The number of nitrogens with two attached hydrogens (primary N) is 1. The number of rotatable bonds is 56. The van der Waals surface area contributed by atoms with Crippen LogP contribution in [-0.4, -0.2) is 49.3 Å². The topological polar surface area (TPSA) is 134 Å². The van der Waals surface area contributed by atoms with Crippen molar-refractivity contribution in [3.05, 3.63) is 182 Å². The molecule has 2 unspecified atom stereocenters. The molecule has 0 fully saturated rings. The number of phosphoric ester groups is 1. The molecule has 0 saturated carbocycles. The number of ether oxygens (including phenoxy) is 2. The van der Waals surface area contributed by atoms with Crippen LogP contribution in [0.1, 0.15) is 219 Å². The molecule has 0 amide bonds. The van der Waals surface area contributed by atoms with E-state index in [0.29, 0.717) is 12.8 Å². The minimum absolute atomic E-state index is 0.0375. The largest absolute Gasteiger partial charge is 0.472 e. The summed E-state index contributed by atoms with van der Waals surface area (Å²) in [5.74, 6) is -0.879. The van der Waals surface area contributed by atoms with Crippen LogP contribution in [0.25, 0.3) is 0 Å². The third kappa shape index (κ3) is 64.1. The molecule has 0 heterocycles. The first-order chi connectivity index (χ1) is 39.8. The Bertz CT molecular complexity index is 1980. The third-order valence-corrected chi connectivity index (χ3v) is 13.3. The number of phosphoric acid groups is 1. The summed E-state index contributed by atoms with van der Waals surface area (Å²) in [6.45, 7) is 3.45. The van der Waals surface area contributed by atoms with Gasteiger partial charge in [0.2, 0.25) is 0 Å². The molecule has 0 radical (unpaired) electrons. The molecular formula is C71H112NO8P. The highest BCUT2D eigenvalue weighted by Crippen LogP contribution is 2.43. The fourth-order valence-corrected chi connectivity index (χ4v) is 8.51. The zero-order chi connectivity index (χ0) is 58.7. The highest BCUT2D eigenvalue weighted by atomic mass is 31.2. The number of carbonyl (C=O) groups excluding carboxylic acids is 2. The van der Waals surface area contributed by atoms with Gasteiger partial charge in [0.25, 0.3) is 0 Å². The van der Waals surface area contributed by atoms with Crippen molar-refractivity contribution in [2.45, 2.75) is 225 Å². The molecule has 0 aromatic rings. The van der Waals surface area contributed by atoms with Gasteiger partial charge in [-0.2, -0.15) is 0 Å². The van der Waals surface area contributed by atoms with Crippen LogP contribution in [0.2, 0.25) is 0 Å². The molecule has 10 heteroatoms. The van der Waals surface area contributed by atoms with Crippen LogP contribution in [-0.2, 0) is 32.7 Å². The van der Waals surface area contributed by atoms with Crippen LogP contribution in [0.15, 0.2) is 182 Å². The lowest BCUT2D eigenvalue weighted by atomic mass is 10.1. The molecule has 0 spiro atoms. The Kier molecular flexibility index (Phi) is 60.4. The van der Waals surface area contributed by atoms with Gasteiger partial charge in [-0.1, -0.05) is 254 Å². The summed E-state index contributed by atoms with van der Waals surface area (Å²) in [5.41, 5.74) is 5.39. The van der Waals surface area contributed by atoms with Crippen LogP contribution in [0, 0.1) is 0 Å². The zero-order valence-electron chi connectivity index (χ0n) is 50.7. The Labute approximate surface area is 494 Å². The van der Waals surface area contributed by atoms with Crippen molar-refractivity contribution >= 4 is 19.8 Å². The van der Waals surface area contributed by atoms with Gasteiger partial charge in [-0.25, -0.2) is 4.57 Å². The van der Waals surface area contributed by atoms with Crippen molar-refractivity contribution in [3.63, 3.8) is 0 Å². The molecule has 81 heavy (non-hydrogen) atoms. The summed E-state index contributed by atoms with van der Waals surface area (Å²) in [5, 5.41) is 0. The van der Waals surface area contributed by atoms with E-state index in [4.69, 9.17) is 24.3 Å². The van der Waals surface area contributed by atoms with Gasteiger partial charge in [0.05, 0.1) is 13.2 Å². The molecule has 0 saturated heterocycles. The van der Waals surface area contributed by atoms with Crippen LogP contribution in [0.3, 0.4) is 0 Å². The SMILES string of the molecule is CC/C=C\C/C=C\C/C=C\C/C=C\C/C=C\C/C=C\C/C=C\C/C=C\C/C=C\C/C=C\CCCCCCC(=O)OC(COC(=O)CCCCCCCCCCC/C=C\C/C=C\C/C=C\C/C=C\C/C=C\CC)COP(=O)(O)OCCN. The molecule has 0 aliphatic carbocycles. The van der Waals surface area contributed by atoms with E-state index in [9.17, 15) is 19.0 Å². The highest BCUT2D eigenvalue weighted by Gasteiger charge is 2.26. The lowest BCUT2D eigenvalue weighted by Gasteiger charge is -2.19. The Morgan fingerprint density at radius 3 is 0.951 bits per heavy atom. The Hall–Kier alpha value is -4.89. The maximum Gasteiger partial charge on any atom is 0.472 e. The molecule has 0 aliphatic rings. The Balaban J connectivity index is 4.10. The molecule has 9 nitrogen and oxygen atoms in total. The smallest absolute Gasteiger partial charge is 0.462 e. The molecular weight excluding hydrogens is 1030 g/mol. The van der Waals surface area contributed by atoms with Gasteiger partial charge in [0.15, 0.2) is 6.10 Å². The maximum atomic E-state index is 12.7. The maximum absolute atomic E-state index is 12.7. The van der Waals surface area contributed by atoms with Crippen molar-refractivity contribution < 1.29 is 37.6 Å². The predicted octanol–water partition coefficient (Wildman–Crippen LogP) is 20.4. The standard InChI is InChI=1S/C71H112NO8P/c1-3-5-7-9-11-13-15-17-19-21-23-25-27-29-30-31-32-33-34-35-36-37-38-40-42-44-46-48-50-52-54-56-58-60-62-64-71(74)80-69(68-79-81(75,76)78-66-65-72)67-77-70(73)63-61-59-57-55-53-51-49-47-45-43-41-39-28-26-24-22-20-18-16-14-12-10-8-6-4-2/h5-8,11-14,17-20,23-26,29-30,32-33,35-36,38-41,44,46,50,52,69H,3-4,9-10,15-16,21-22,27-28,31,34,37,42-43,45,47-49,51,53-68,72H2,1-2H3,(H,75,76)/b7-5-,8-6-,13-11-,14-12-,19-17-,20-18-,25-23-,26-24-,30-29-,33-32-,36-35-,40-38-,41-39-,46-44-,52-50-. The van der Waals surface area contributed by atoms with Crippen molar-refractivity contribution in [1.29, 1.82) is 0 Å². The number of allylic oxidation sites excluding steroid dienone is 30. The molecule has 2 atom stereocenters. The van der Waals surface area contributed by atoms with E-state index < -0.39 is 32.5 Å². The van der Waals surface area contributed by atoms with Gasteiger partial charge < -0.3 is 20.1 Å². The van der Waals surface area contributed by atoms with Gasteiger partial charge in [-0.3, -0.25) is 18.6 Å². The van der Waals surface area contributed by atoms with Crippen LogP contribution >= 0.6 is 7.82 Å². The summed E-state index contributed by atoms with van der Waals surface area (Å²) in [6, 6.07) is 0. The molecule has 0 aromatic heterocycles. The second kappa shape index (κ2) is 64.3. The molecule has 0 aromatic carbocycles. The number of hydrogen-bond acceptors (Lipinski definition) is 8. The summed E-state index contributed by atoms with van der Waals surface area (Å²) < 4.78 is 33.1. The molecule has 0 bridgehead atoms. The quantitative estimate of drug-likeness (QED) is 0.0264. The van der Waals surface area contributed by atoms with Gasteiger partial charge >= 0.3 is 19.8 Å². The van der Waals surface area contributed by atoms with E-state index in [-0.39, 0.29) is 32.6 Å². The van der Waals surface area contributed by atoms with Gasteiger partial charge in [-0.05, 0) is 135 Å². The van der Waals surface area contributed by atoms with E-state index in [1.807, 2.05) is 0 Å². The first-order valence-electron chi connectivity index (χ1n) is 31.3. The van der Waals surface area contributed by atoms with Gasteiger partial charge in [0.1, 0.15) is 6.61 Å². The van der Waals surface area contributed by atoms with E-state index in [1.165, 1.54) is 32.1 Å². The second-order valence-electron chi connectivity index (χ2n) is 19.8. The highest BCUT2D eigenvalue weighted by molar-refractivity contribution is 7.47. The van der Waals surface area contributed by atoms with Crippen molar-refractivity contribution in [3.8, 4) is 0 Å². The Morgan fingerprint density at radius 1 is 0.370 bits per heavy atom. The van der Waals surface area contributed by atoms with Gasteiger partial charge in [-0.15, -0.1) is 0 Å². The molecule has 3 N–H and O–H groups in total. The minimum Gasteiger partial charge on any atom is -0.462 e. The van der Waals surface area contributed by atoms with Crippen molar-refractivity contribution in [2.75, 3.05) is 26.4 Å². The summed E-state index contributed by atoms with van der Waals surface area (Å²) in [7, 11) is -4.41. The van der Waals surface area contributed by atoms with Crippen molar-refractivity contribution in [2.24, 2.45) is 5.73 Å². The molecule has 454 valence electrons. The monoisotopic (exact) mass is 1140 g/mol. The number of unbranched alkanes of at least 4 members (excludes halogenated alkanes) is 13. The van der Waals surface area contributed by atoms with Gasteiger partial charge in [0, 0.05) is 19.4 Å². The summed E-state index contributed by atoms with van der Waals surface area (Å²) >= 11 is 0. The molecule has 0 aliphatic heterocycles. The van der Waals surface area contributed by atoms with Crippen LogP contribution < -0.4 is 5.73 Å². The fourth-order valence-electron chi connectivity index (χ4n) is 7.75. The lowest BCUT2D eigenvalue weighted by Crippen LogP contribution is -2.29. The summed E-state index contributed by atoms with van der Waals surface area (Å²) in [6.07, 6.45) is 96.6. The number of carbonyl (C=O) groups is 2.